The van der Waals surface area contributed by atoms with Crippen molar-refractivity contribution in [3.63, 3.8) is 0 Å². The summed E-state index contributed by atoms with van der Waals surface area (Å²) < 4.78 is -0.446. The second-order valence-corrected chi connectivity index (χ2v) is 4.21. The Morgan fingerprint density at radius 2 is 2.36 bits per heavy atom. The van der Waals surface area contributed by atoms with Crippen LogP contribution >= 0.6 is 22.6 Å². The molecule has 0 radical (unpaired) electrons. The van der Waals surface area contributed by atoms with Crippen LogP contribution in [0.4, 0.5) is 4.79 Å². The quantitative estimate of drug-likeness (QED) is 0.432. The highest BCUT2D eigenvalue weighted by Crippen LogP contribution is 2.24. The van der Waals surface area contributed by atoms with Gasteiger partial charge in [0.25, 0.3) is 0 Å². The molecule has 0 fully saturated rings. The van der Waals surface area contributed by atoms with Crippen LogP contribution in [-0.2, 0) is 0 Å². The molecule has 1 atom stereocenters. The third-order valence-electron chi connectivity index (χ3n) is 1.34. The number of carboxylic acid groups (broad SMARTS) is 1. The van der Waals surface area contributed by atoms with Gasteiger partial charge in [0.15, 0.2) is 0 Å². The number of allylic oxidation sites excluding steroid dienone is 2. The molecule has 0 saturated carbocycles. The molecule has 3 nitrogen and oxygen atoms in total. The van der Waals surface area contributed by atoms with Crippen molar-refractivity contribution in [1.82, 2.24) is 5.32 Å². The van der Waals surface area contributed by atoms with Gasteiger partial charge in [-0.25, -0.2) is 4.79 Å². The predicted octanol–water partition coefficient (Wildman–Crippen LogP) is 1.90. The highest BCUT2D eigenvalue weighted by atomic mass is 127. The summed E-state index contributed by atoms with van der Waals surface area (Å²) in [5.74, 6) is 0. The highest BCUT2D eigenvalue weighted by Gasteiger charge is 2.24. The normalized spacial score (nSPS) is 28.5. The van der Waals surface area contributed by atoms with Crippen molar-refractivity contribution in [3.8, 4) is 0 Å². The third-order valence-corrected chi connectivity index (χ3v) is 2.41. The lowest BCUT2D eigenvalue weighted by Gasteiger charge is -2.23. The van der Waals surface area contributed by atoms with E-state index in [-0.39, 0.29) is 0 Å². The first-order valence-corrected chi connectivity index (χ1v) is 4.25. The Labute approximate surface area is 78.3 Å². The number of carbonyl (C=O) groups is 1. The summed E-state index contributed by atoms with van der Waals surface area (Å²) in [4.78, 5) is 10.3. The molecule has 0 bridgehead atoms. The van der Waals surface area contributed by atoms with Crippen molar-refractivity contribution in [1.29, 1.82) is 0 Å². The van der Waals surface area contributed by atoms with Crippen molar-refractivity contribution < 1.29 is 9.90 Å². The maximum atomic E-state index is 10.3. The highest BCUT2D eigenvalue weighted by molar-refractivity contribution is 14.1. The van der Waals surface area contributed by atoms with E-state index in [9.17, 15) is 4.79 Å². The van der Waals surface area contributed by atoms with Crippen LogP contribution in [0, 0.1) is 0 Å². The molecule has 1 aliphatic rings. The fourth-order valence-electron chi connectivity index (χ4n) is 0.865. The fourth-order valence-corrected chi connectivity index (χ4v) is 1.56. The molecule has 0 heterocycles. The summed E-state index contributed by atoms with van der Waals surface area (Å²) >= 11 is 2.08. The van der Waals surface area contributed by atoms with Crippen LogP contribution in [0.5, 0.6) is 0 Å². The van der Waals surface area contributed by atoms with Crippen LogP contribution in [0.3, 0.4) is 0 Å². The first-order chi connectivity index (χ1) is 5.12. The smallest absolute Gasteiger partial charge is 0.405 e. The van der Waals surface area contributed by atoms with E-state index >= 15 is 0 Å². The number of amides is 1. The van der Waals surface area contributed by atoms with Gasteiger partial charge in [-0.15, -0.1) is 0 Å². The molecule has 1 amide bonds. The minimum Gasteiger partial charge on any atom is -0.465 e. The SMILES string of the molecule is O=C(O)NC1(I)C=CC=CC1. The van der Waals surface area contributed by atoms with Gasteiger partial charge in [0.05, 0.1) is 0 Å². The van der Waals surface area contributed by atoms with Crippen LogP contribution in [-0.4, -0.2) is 14.7 Å². The van der Waals surface area contributed by atoms with Crippen molar-refractivity contribution in [2.45, 2.75) is 9.97 Å². The largest absolute Gasteiger partial charge is 0.465 e. The van der Waals surface area contributed by atoms with Crippen molar-refractivity contribution in [3.05, 3.63) is 24.3 Å². The molecular weight excluding hydrogens is 257 g/mol. The first-order valence-electron chi connectivity index (χ1n) is 3.17. The third kappa shape index (κ3) is 2.53. The minimum atomic E-state index is -0.987. The monoisotopic (exact) mass is 265 g/mol. The second-order valence-electron chi connectivity index (χ2n) is 2.28. The molecule has 60 valence electrons. The van der Waals surface area contributed by atoms with E-state index in [0.29, 0.717) is 6.42 Å². The number of hydrogen-bond acceptors (Lipinski definition) is 1. The second kappa shape index (κ2) is 3.25. The summed E-state index contributed by atoms with van der Waals surface area (Å²) in [6.07, 6.45) is 7.23. The minimum absolute atomic E-state index is 0.446. The van der Waals surface area contributed by atoms with Gasteiger partial charge >= 0.3 is 6.09 Å². The first kappa shape index (κ1) is 8.58. The van der Waals surface area contributed by atoms with Crippen LogP contribution in [0.25, 0.3) is 0 Å². The number of hydrogen-bond donors (Lipinski definition) is 2. The van der Waals surface area contributed by atoms with Crippen LogP contribution in [0.2, 0.25) is 0 Å². The molecule has 0 aliphatic heterocycles. The Balaban J connectivity index is 2.61. The predicted molar refractivity (Wildman–Crippen MR) is 50.8 cm³/mol. The van der Waals surface area contributed by atoms with E-state index in [1.165, 1.54) is 0 Å². The molecule has 0 aromatic rings. The maximum absolute atomic E-state index is 10.3. The number of nitrogens with one attached hydrogen (secondary N) is 1. The summed E-state index contributed by atoms with van der Waals surface area (Å²) in [7, 11) is 0. The topological polar surface area (TPSA) is 49.3 Å². The van der Waals surface area contributed by atoms with Crippen molar-refractivity contribution >= 4 is 28.7 Å². The lowest BCUT2D eigenvalue weighted by atomic mass is 10.1. The number of alkyl halides is 1. The molecule has 0 spiro atoms. The molecule has 1 aliphatic carbocycles. The van der Waals surface area contributed by atoms with Gasteiger partial charge in [0.2, 0.25) is 0 Å². The van der Waals surface area contributed by atoms with Crippen LogP contribution in [0.1, 0.15) is 6.42 Å². The average molecular weight is 265 g/mol. The standard InChI is InChI=1S/C7H8INO2/c8-7(9-6(10)11)4-2-1-3-5-7/h1-4,9H,5H2,(H,10,11). The molecule has 4 heteroatoms. The Hall–Kier alpha value is -0.520. The van der Waals surface area contributed by atoms with Gasteiger partial charge in [-0.2, -0.15) is 0 Å². The van der Waals surface area contributed by atoms with E-state index in [0.717, 1.165) is 0 Å². The van der Waals surface area contributed by atoms with Crippen LogP contribution < -0.4 is 5.32 Å². The van der Waals surface area contributed by atoms with Gasteiger partial charge in [0.1, 0.15) is 3.55 Å². The zero-order valence-electron chi connectivity index (χ0n) is 5.75. The van der Waals surface area contributed by atoms with Gasteiger partial charge in [-0.05, 0) is 28.7 Å². The van der Waals surface area contributed by atoms with E-state index in [1.54, 1.807) is 0 Å². The number of halogens is 1. The van der Waals surface area contributed by atoms with Gasteiger partial charge in [0, 0.05) is 6.42 Å². The van der Waals surface area contributed by atoms with E-state index in [2.05, 4.69) is 27.9 Å². The Morgan fingerprint density at radius 3 is 2.82 bits per heavy atom. The summed E-state index contributed by atoms with van der Waals surface area (Å²) in [6, 6.07) is 0. The van der Waals surface area contributed by atoms with Gasteiger partial charge in [-0.3, -0.25) is 0 Å². The average Bonchev–Trinajstić information content (AvgIpc) is 1.85. The lowest BCUT2D eigenvalue weighted by Crippen LogP contribution is -2.40. The molecule has 1 unspecified atom stereocenters. The molecule has 0 aromatic heterocycles. The molecule has 1 rings (SSSR count). The molecule has 11 heavy (non-hydrogen) atoms. The van der Waals surface area contributed by atoms with E-state index < -0.39 is 9.64 Å². The Kier molecular flexibility index (Phi) is 2.53. The zero-order valence-corrected chi connectivity index (χ0v) is 7.91. The molecule has 0 aromatic carbocycles. The van der Waals surface area contributed by atoms with E-state index in [4.69, 9.17) is 5.11 Å². The van der Waals surface area contributed by atoms with Gasteiger partial charge < -0.3 is 10.4 Å². The Morgan fingerprint density at radius 1 is 1.64 bits per heavy atom. The number of rotatable bonds is 1. The summed E-state index contributed by atoms with van der Waals surface area (Å²) in [5, 5.41) is 10.9. The van der Waals surface area contributed by atoms with E-state index in [1.807, 2.05) is 24.3 Å². The molecule has 2 N–H and O–H groups in total. The molecular formula is C7H8INO2. The van der Waals surface area contributed by atoms with Crippen molar-refractivity contribution in [2.75, 3.05) is 0 Å². The summed E-state index contributed by atoms with van der Waals surface area (Å²) in [5.41, 5.74) is 0. The van der Waals surface area contributed by atoms with Gasteiger partial charge in [-0.1, -0.05) is 18.2 Å². The zero-order chi connectivity index (χ0) is 8.32. The van der Waals surface area contributed by atoms with Crippen molar-refractivity contribution in [2.24, 2.45) is 0 Å². The van der Waals surface area contributed by atoms with Crippen LogP contribution in [0.15, 0.2) is 24.3 Å². The fraction of sp³-hybridized carbons (Fsp3) is 0.286. The lowest BCUT2D eigenvalue weighted by molar-refractivity contribution is 0.191. The Bertz CT molecular complexity index is 224. The maximum Gasteiger partial charge on any atom is 0.405 e. The molecule has 0 saturated heterocycles. The summed E-state index contributed by atoms with van der Waals surface area (Å²) in [6.45, 7) is 0.